The fourth-order valence-electron chi connectivity index (χ4n) is 4.29. The van der Waals surface area contributed by atoms with Gasteiger partial charge in [-0.25, -0.2) is 0 Å². The van der Waals surface area contributed by atoms with Crippen molar-refractivity contribution in [1.82, 2.24) is 5.32 Å². The summed E-state index contributed by atoms with van der Waals surface area (Å²) in [6.07, 6.45) is 4.56. The molecule has 2 fully saturated rings. The van der Waals surface area contributed by atoms with Crippen LogP contribution in [-0.2, 0) is 16.1 Å². The van der Waals surface area contributed by atoms with Crippen molar-refractivity contribution >= 4 is 11.9 Å². The van der Waals surface area contributed by atoms with Crippen LogP contribution in [0.15, 0.2) is 30.3 Å². The van der Waals surface area contributed by atoms with Crippen molar-refractivity contribution in [3.63, 3.8) is 0 Å². The molecule has 0 aromatic heterocycles. The van der Waals surface area contributed by atoms with E-state index in [1.807, 2.05) is 30.3 Å². The average molecular weight is 437 g/mol. The van der Waals surface area contributed by atoms with Gasteiger partial charge in [-0.3, -0.25) is 9.59 Å². The highest BCUT2D eigenvalue weighted by Crippen LogP contribution is 2.51. The predicted molar refractivity (Wildman–Crippen MR) is 117 cm³/mol. The molecule has 1 aliphatic heterocycles. The molecule has 0 spiro atoms. The van der Waals surface area contributed by atoms with Crippen LogP contribution >= 0.6 is 0 Å². The molecule has 1 amide bonds. The van der Waals surface area contributed by atoms with Crippen molar-refractivity contribution in [1.29, 1.82) is 0 Å². The number of amides is 1. The van der Waals surface area contributed by atoms with Gasteiger partial charge in [0.05, 0.1) is 14.2 Å². The van der Waals surface area contributed by atoms with Gasteiger partial charge in [0.15, 0.2) is 11.5 Å². The van der Waals surface area contributed by atoms with Crippen LogP contribution < -0.4 is 19.5 Å². The minimum Gasteiger partial charge on any atom is -0.493 e. The number of nitrogens with one attached hydrogen (secondary N) is 1. The largest absolute Gasteiger partial charge is 0.493 e. The molecule has 1 heterocycles. The molecule has 32 heavy (non-hydrogen) atoms. The van der Waals surface area contributed by atoms with E-state index in [0.717, 1.165) is 48.8 Å². The van der Waals surface area contributed by atoms with E-state index in [-0.39, 0.29) is 24.6 Å². The van der Waals surface area contributed by atoms with E-state index in [9.17, 15) is 9.59 Å². The topological polar surface area (TPSA) is 83.1 Å². The SMILES string of the molecule is COc1ccc(-c2cccc3c2CNC3=O)c(OCC2(C(=O)OC3CCC3)CC2)c1OC. The van der Waals surface area contributed by atoms with E-state index < -0.39 is 5.41 Å². The maximum Gasteiger partial charge on any atom is 0.315 e. The van der Waals surface area contributed by atoms with Gasteiger partial charge in [0, 0.05) is 17.7 Å². The highest BCUT2D eigenvalue weighted by atomic mass is 16.6. The van der Waals surface area contributed by atoms with Crippen LogP contribution in [0.3, 0.4) is 0 Å². The Labute approximate surface area is 187 Å². The van der Waals surface area contributed by atoms with Gasteiger partial charge >= 0.3 is 5.97 Å². The van der Waals surface area contributed by atoms with Gasteiger partial charge in [0.1, 0.15) is 18.1 Å². The minimum absolute atomic E-state index is 0.0545. The second-order valence-electron chi connectivity index (χ2n) is 8.72. The Bertz CT molecular complexity index is 1070. The monoisotopic (exact) mass is 437 g/mol. The molecule has 2 aliphatic carbocycles. The van der Waals surface area contributed by atoms with Gasteiger partial charge in [-0.2, -0.15) is 0 Å². The molecular weight excluding hydrogens is 410 g/mol. The fourth-order valence-corrected chi connectivity index (χ4v) is 4.29. The molecule has 3 aliphatic rings. The summed E-state index contributed by atoms with van der Waals surface area (Å²) >= 11 is 0. The van der Waals surface area contributed by atoms with Crippen LogP contribution in [0.2, 0.25) is 0 Å². The first kappa shape index (κ1) is 20.7. The summed E-state index contributed by atoms with van der Waals surface area (Å²) in [5, 5.41) is 2.88. The Morgan fingerprint density at radius 3 is 2.47 bits per heavy atom. The lowest BCUT2D eigenvalue weighted by atomic mass is 9.95. The molecule has 7 nitrogen and oxygen atoms in total. The summed E-state index contributed by atoms with van der Waals surface area (Å²) in [4.78, 5) is 24.9. The summed E-state index contributed by atoms with van der Waals surface area (Å²) in [5.41, 5.74) is 2.65. The molecule has 0 unspecified atom stereocenters. The van der Waals surface area contributed by atoms with E-state index in [1.54, 1.807) is 14.2 Å². The normalized spacial score (nSPS) is 18.2. The number of rotatable bonds is 8. The van der Waals surface area contributed by atoms with Crippen LogP contribution in [0.25, 0.3) is 11.1 Å². The van der Waals surface area contributed by atoms with Gasteiger partial charge in [-0.1, -0.05) is 12.1 Å². The van der Waals surface area contributed by atoms with Crippen molar-refractivity contribution in [3.8, 4) is 28.4 Å². The van der Waals surface area contributed by atoms with Crippen LogP contribution in [-0.4, -0.2) is 38.8 Å². The van der Waals surface area contributed by atoms with Crippen molar-refractivity contribution in [2.45, 2.75) is 44.8 Å². The van der Waals surface area contributed by atoms with E-state index in [2.05, 4.69) is 5.32 Å². The number of ether oxygens (including phenoxy) is 4. The lowest BCUT2D eigenvalue weighted by Crippen LogP contribution is -2.32. The predicted octanol–water partition coefficient (Wildman–Crippen LogP) is 3.87. The molecule has 168 valence electrons. The van der Waals surface area contributed by atoms with Gasteiger partial charge in [0.2, 0.25) is 5.75 Å². The quantitative estimate of drug-likeness (QED) is 0.632. The second kappa shape index (κ2) is 8.04. The molecule has 0 radical (unpaired) electrons. The first-order valence-corrected chi connectivity index (χ1v) is 11.1. The Balaban J connectivity index is 1.49. The standard InChI is InChI=1S/C25H27NO6/c1-29-20-10-9-17(16-7-4-8-18-19(16)13-26-23(18)27)21(22(20)30-2)31-14-25(11-12-25)24(28)32-15-5-3-6-15/h4,7-10,15H,3,5-6,11-14H2,1-2H3,(H,26,27). The maximum atomic E-state index is 12.8. The Kier molecular flexibility index (Phi) is 5.19. The first-order chi connectivity index (χ1) is 15.6. The van der Waals surface area contributed by atoms with E-state index in [4.69, 9.17) is 18.9 Å². The van der Waals surface area contributed by atoms with E-state index in [1.165, 1.54) is 0 Å². The average Bonchev–Trinajstić information content (AvgIpc) is 3.49. The third kappa shape index (κ3) is 3.45. The van der Waals surface area contributed by atoms with Crippen molar-refractivity contribution in [2.75, 3.05) is 20.8 Å². The molecule has 1 N–H and O–H groups in total. The van der Waals surface area contributed by atoms with E-state index >= 15 is 0 Å². The zero-order valence-electron chi connectivity index (χ0n) is 18.4. The lowest BCUT2D eigenvalue weighted by Gasteiger charge is -2.28. The summed E-state index contributed by atoms with van der Waals surface area (Å²) in [6.45, 7) is 0.664. The highest BCUT2D eigenvalue weighted by Gasteiger charge is 2.53. The fraction of sp³-hybridized carbons (Fsp3) is 0.440. The van der Waals surface area contributed by atoms with Gasteiger partial charge < -0.3 is 24.3 Å². The van der Waals surface area contributed by atoms with Crippen molar-refractivity contribution < 1.29 is 28.5 Å². The zero-order valence-corrected chi connectivity index (χ0v) is 18.4. The lowest BCUT2D eigenvalue weighted by molar-refractivity contribution is -0.161. The van der Waals surface area contributed by atoms with Gasteiger partial charge in [-0.15, -0.1) is 0 Å². The number of esters is 1. The summed E-state index contributed by atoms with van der Waals surface area (Å²) < 4.78 is 23.1. The van der Waals surface area contributed by atoms with Gasteiger partial charge in [0.25, 0.3) is 5.91 Å². The minimum atomic E-state index is -0.600. The number of benzene rings is 2. The molecule has 0 saturated heterocycles. The Hall–Kier alpha value is -3.22. The summed E-state index contributed by atoms with van der Waals surface area (Å²) in [6, 6.07) is 9.37. The van der Waals surface area contributed by atoms with E-state index in [0.29, 0.717) is 29.4 Å². The molecule has 7 heteroatoms. The third-order valence-corrected chi connectivity index (χ3v) is 6.74. The Morgan fingerprint density at radius 1 is 1.03 bits per heavy atom. The molecule has 2 aromatic rings. The smallest absolute Gasteiger partial charge is 0.315 e. The first-order valence-electron chi connectivity index (χ1n) is 11.1. The van der Waals surface area contributed by atoms with Crippen molar-refractivity contribution in [2.24, 2.45) is 5.41 Å². The molecule has 0 bridgehead atoms. The van der Waals surface area contributed by atoms with Crippen LogP contribution in [0.4, 0.5) is 0 Å². The van der Waals surface area contributed by atoms with Crippen LogP contribution in [0, 0.1) is 5.41 Å². The number of carbonyl (C=O) groups is 2. The number of hydrogen-bond donors (Lipinski definition) is 1. The molecule has 2 aromatic carbocycles. The number of fused-ring (bicyclic) bond motifs is 1. The molecule has 0 atom stereocenters. The number of carbonyl (C=O) groups excluding carboxylic acids is 2. The summed E-state index contributed by atoms with van der Waals surface area (Å²) in [5.74, 6) is 1.25. The number of methoxy groups -OCH3 is 2. The van der Waals surface area contributed by atoms with Crippen LogP contribution in [0.5, 0.6) is 17.2 Å². The van der Waals surface area contributed by atoms with Crippen LogP contribution in [0.1, 0.15) is 48.0 Å². The number of hydrogen-bond acceptors (Lipinski definition) is 6. The molecule has 5 rings (SSSR count). The molecule has 2 saturated carbocycles. The zero-order chi connectivity index (χ0) is 22.3. The highest BCUT2D eigenvalue weighted by molar-refractivity contribution is 6.01. The molecular formula is C25H27NO6. The van der Waals surface area contributed by atoms with Gasteiger partial charge in [-0.05, 0) is 61.4 Å². The Morgan fingerprint density at radius 2 is 1.81 bits per heavy atom. The van der Waals surface area contributed by atoms with Crippen molar-refractivity contribution in [3.05, 3.63) is 41.5 Å². The third-order valence-electron chi connectivity index (χ3n) is 6.74. The maximum absolute atomic E-state index is 12.8. The second-order valence-corrected chi connectivity index (χ2v) is 8.72. The summed E-state index contributed by atoms with van der Waals surface area (Å²) in [7, 11) is 3.13.